The Balaban J connectivity index is 2.48. The van der Waals surface area contributed by atoms with Gasteiger partial charge >= 0.3 is 0 Å². The topological polar surface area (TPSA) is 58.4 Å². The van der Waals surface area contributed by atoms with Crippen LogP contribution >= 0.6 is 0 Å². The van der Waals surface area contributed by atoms with Gasteiger partial charge < -0.3 is 14.7 Å². The fourth-order valence-corrected chi connectivity index (χ4v) is 1.53. The van der Waals surface area contributed by atoms with Crippen molar-refractivity contribution >= 4 is 5.91 Å². The second-order valence-electron chi connectivity index (χ2n) is 4.26. The number of carbonyl (C=O) groups excluding carboxylic acids is 1. The Hall–Kier alpha value is -1.36. The highest BCUT2D eigenvalue weighted by Gasteiger charge is 2.14. The fraction of sp³-hybridized carbons (Fsp3) is 0.667. The van der Waals surface area contributed by atoms with E-state index >= 15 is 0 Å². The zero-order valence-electron chi connectivity index (χ0n) is 11.0. The number of rotatable bonds is 6. The van der Waals surface area contributed by atoms with Crippen LogP contribution in [-0.4, -0.2) is 42.1 Å². The molecule has 96 valence electrons. The van der Waals surface area contributed by atoms with Crippen molar-refractivity contribution in [3.05, 3.63) is 17.5 Å². The van der Waals surface area contributed by atoms with Crippen molar-refractivity contribution < 1.29 is 9.32 Å². The minimum atomic E-state index is -0.176. The van der Waals surface area contributed by atoms with Gasteiger partial charge in [-0.3, -0.25) is 4.79 Å². The van der Waals surface area contributed by atoms with E-state index < -0.39 is 0 Å². The van der Waals surface area contributed by atoms with Crippen molar-refractivity contribution in [2.75, 3.05) is 20.1 Å². The summed E-state index contributed by atoms with van der Waals surface area (Å²) in [4.78, 5) is 13.9. The quantitative estimate of drug-likeness (QED) is 0.813. The molecule has 1 heterocycles. The smallest absolute Gasteiger partial charge is 0.273 e. The summed E-state index contributed by atoms with van der Waals surface area (Å²) in [6.45, 7) is 7.80. The molecule has 0 saturated carbocycles. The van der Waals surface area contributed by atoms with Gasteiger partial charge in [-0.15, -0.1) is 0 Å². The molecule has 1 rings (SSSR count). The van der Waals surface area contributed by atoms with Gasteiger partial charge in [-0.1, -0.05) is 19.0 Å². The second-order valence-corrected chi connectivity index (χ2v) is 4.26. The van der Waals surface area contributed by atoms with Gasteiger partial charge in [-0.2, -0.15) is 0 Å². The van der Waals surface area contributed by atoms with E-state index in [1.165, 1.54) is 0 Å². The molecule has 0 fully saturated rings. The van der Waals surface area contributed by atoms with Gasteiger partial charge in [-0.25, -0.2) is 0 Å². The number of likely N-dealkylation sites (N-methyl/N-ethyl adjacent to an activating group) is 1. The highest BCUT2D eigenvalue weighted by atomic mass is 16.5. The summed E-state index contributed by atoms with van der Waals surface area (Å²) >= 11 is 0. The first-order valence-corrected chi connectivity index (χ1v) is 6.01. The Bertz CT molecular complexity index is 362. The van der Waals surface area contributed by atoms with Crippen molar-refractivity contribution in [2.24, 2.45) is 0 Å². The van der Waals surface area contributed by atoms with Crippen LogP contribution in [0.4, 0.5) is 0 Å². The van der Waals surface area contributed by atoms with E-state index in [0.29, 0.717) is 5.69 Å². The van der Waals surface area contributed by atoms with Crippen LogP contribution in [0.15, 0.2) is 10.6 Å². The highest BCUT2D eigenvalue weighted by molar-refractivity contribution is 5.92. The number of aryl methyl sites for hydroxylation is 1. The number of hydrogen-bond donors (Lipinski definition) is 1. The molecule has 0 radical (unpaired) electrons. The predicted octanol–water partition coefficient (Wildman–Crippen LogP) is 1.31. The summed E-state index contributed by atoms with van der Waals surface area (Å²) in [7, 11) is 2.02. The third-order valence-corrected chi connectivity index (χ3v) is 2.64. The molecular formula is C12H21N3O2. The summed E-state index contributed by atoms with van der Waals surface area (Å²) in [5, 5.41) is 6.63. The molecule has 1 atom stereocenters. The maximum absolute atomic E-state index is 11.8. The normalized spacial score (nSPS) is 12.8. The van der Waals surface area contributed by atoms with Gasteiger partial charge in [0.2, 0.25) is 0 Å². The van der Waals surface area contributed by atoms with E-state index in [1.807, 2.05) is 20.9 Å². The Labute approximate surface area is 102 Å². The first kappa shape index (κ1) is 13.7. The van der Waals surface area contributed by atoms with E-state index in [0.717, 1.165) is 25.3 Å². The lowest BCUT2D eigenvalue weighted by Crippen LogP contribution is -2.40. The monoisotopic (exact) mass is 239 g/mol. The van der Waals surface area contributed by atoms with Crippen LogP contribution in [0.3, 0.4) is 0 Å². The van der Waals surface area contributed by atoms with Crippen LogP contribution in [0, 0.1) is 0 Å². The summed E-state index contributed by atoms with van der Waals surface area (Å²) in [6, 6.07) is 1.78. The predicted molar refractivity (Wildman–Crippen MR) is 66.0 cm³/mol. The lowest BCUT2D eigenvalue weighted by Gasteiger charge is -2.20. The molecular weight excluding hydrogens is 218 g/mol. The molecule has 5 heteroatoms. The van der Waals surface area contributed by atoms with Crippen molar-refractivity contribution in [3.63, 3.8) is 0 Å². The maximum atomic E-state index is 11.8. The molecule has 1 unspecified atom stereocenters. The van der Waals surface area contributed by atoms with E-state index in [2.05, 4.69) is 22.3 Å². The SMILES string of the molecule is CCc1cc(C(=O)NC(C)CN(C)CC)no1. The first-order valence-electron chi connectivity index (χ1n) is 6.01. The van der Waals surface area contributed by atoms with Gasteiger partial charge in [0.1, 0.15) is 5.76 Å². The number of carbonyl (C=O) groups is 1. The Morgan fingerprint density at radius 2 is 2.29 bits per heavy atom. The molecule has 1 aromatic heterocycles. The van der Waals surface area contributed by atoms with Crippen LogP contribution in [0.1, 0.15) is 37.0 Å². The molecule has 1 amide bonds. The number of nitrogens with zero attached hydrogens (tertiary/aromatic N) is 2. The van der Waals surface area contributed by atoms with Crippen LogP contribution in [-0.2, 0) is 6.42 Å². The van der Waals surface area contributed by atoms with E-state index in [1.54, 1.807) is 6.07 Å². The molecule has 0 spiro atoms. The minimum absolute atomic E-state index is 0.0919. The average molecular weight is 239 g/mol. The van der Waals surface area contributed by atoms with Crippen LogP contribution in [0.5, 0.6) is 0 Å². The van der Waals surface area contributed by atoms with Crippen molar-refractivity contribution in [2.45, 2.75) is 33.2 Å². The Morgan fingerprint density at radius 3 is 2.82 bits per heavy atom. The molecule has 0 aliphatic carbocycles. The molecule has 1 N–H and O–H groups in total. The van der Waals surface area contributed by atoms with Crippen molar-refractivity contribution in [3.8, 4) is 0 Å². The zero-order valence-corrected chi connectivity index (χ0v) is 11.0. The average Bonchev–Trinajstić information content (AvgIpc) is 2.77. The molecule has 17 heavy (non-hydrogen) atoms. The maximum Gasteiger partial charge on any atom is 0.273 e. The van der Waals surface area contributed by atoms with Crippen molar-refractivity contribution in [1.82, 2.24) is 15.4 Å². The molecule has 0 aliphatic heterocycles. The standard InChI is InChI=1S/C12H21N3O2/c1-5-10-7-11(14-17-10)12(16)13-9(3)8-15(4)6-2/h7,9H,5-6,8H2,1-4H3,(H,13,16). The van der Waals surface area contributed by atoms with E-state index in [-0.39, 0.29) is 11.9 Å². The molecule has 1 aromatic rings. The molecule has 0 aromatic carbocycles. The summed E-state index contributed by atoms with van der Waals surface area (Å²) in [5.41, 5.74) is 0.354. The third kappa shape index (κ3) is 4.19. The van der Waals surface area contributed by atoms with Crippen LogP contribution in [0.25, 0.3) is 0 Å². The van der Waals surface area contributed by atoms with Gasteiger partial charge in [0.25, 0.3) is 5.91 Å². The van der Waals surface area contributed by atoms with Gasteiger partial charge in [-0.05, 0) is 20.5 Å². The summed E-state index contributed by atoms with van der Waals surface area (Å²) < 4.78 is 5.00. The zero-order chi connectivity index (χ0) is 12.8. The largest absolute Gasteiger partial charge is 0.361 e. The second kappa shape index (κ2) is 6.39. The Morgan fingerprint density at radius 1 is 1.59 bits per heavy atom. The minimum Gasteiger partial charge on any atom is -0.361 e. The van der Waals surface area contributed by atoms with Crippen LogP contribution in [0.2, 0.25) is 0 Å². The molecule has 5 nitrogen and oxygen atoms in total. The fourth-order valence-electron chi connectivity index (χ4n) is 1.53. The lowest BCUT2D eigenvalue weighted by molar-refractivity contribution is 0.0923. The first-order chi connectivity index (χ1) is 8.06. The van der Waals surface area contributed by atoms with Gasteiger partial charge in [0.15, 0.2) is 5.69 Å². The highest BCUT2D eigenvalue weighted by Crippen LogP contribution is 2.04. The molecule has 0 saturated heterocycles. The number of aromatic nitrogens is 1. The van der Waals surface area contributed by atoms with Gasteiger partial charge in [0, 0.05) is 25.1 Å². The third-order valence-electron chi connectivity index (χ3n) is 2.64. The summed E-state index contributed by atoms with van der Waals surface area (Å²) in [5.74, 6) is 0.555. The molecule has 0 aliphatic rings. The van der Waals surface area contributed by atoms with Gasteiger partial charge in [0.05, 0.1) is 0 Å². The molecule has 0 bridgehead atoms. The van der Waals surface area contributed by atoms with E-state index in [4.69, 9.17) is 4.52 Å². The van der Waals surface area contributed by atoms with Crippen LogP contribution < -0.4 is 5.32 Å². The lowest BCUT2D eigenvalue weighted by atomic mass is 10.2. The summed E-state index contributed by atoms with van der Waals surface area (Å²) in [6.07, 6.45) is 0.744. The Kier molecular flexibility index (Phi) is 5.15. The number of hydrogen-bond acceptors (Lipinski definition) is 4. The van der Waals surface area contributed by atoms with E-state index in [9.17, 15) is 4.79 Å². The number of nitrogens with one attached hydrogen (secondary N) is 1. The number of amides is 1. The van der Waals surface area contributed by atoms with Crippen molar-refractivity contribution in [1.29, 1.82) is 0 Å².